The molecular weight excluding hydrogens is 446 g/mol. The highest BCUT2D eigenvalue weighted by molar-refractivity contribution is 5.94. The molecular formula is C27H37N3O5. The van der Waals surface area contributed by atoms with E-state index in [9.17, 15) is 9.90 Å². The van der Waals surface area contributed by atoms with E-state index in [1.54, 1.807) is 19.2 Å². The van der Waals surface area contributed by atoms with Crippen LogP contribution in [-0.2, 0) is 11.3 Å². The zero-order chi connectivity index (χ0) is 24.5. The Morgan fingerprint density at radius 2 is 1.74 bits per heavy atom. The Balaban J connectivity index is 1.27. The van der Waals surface area contributed by atoms with Gasteiger partial charge in [-0.15, -0.1) is 0 Å². The van der Waals surface area contributed by atoms with Gasteiger partial charge >= 0.3 is 0 Å². The van der Waals surface area contributed by atoms with E-state index >= 15 is 0 Å². The van der Waals surface area contributed by atoms with Gasteiger partial charge in [0, 0.05) is 38.3 Å². The minimum absolute atomic E-state index is 0.180. The summed E-state index contributed by atoms with van der Waals surface area (Å²) in [4.78, 5) is 17.5. The van der Waals surface area contributed by atoms with Crippen molar-refractivity contribution in [2.75, 3.05) is 59.7 Å². The van der Waals surface area contributed by atoms with Gasteiger partial charge in [-0.1, -0.05) is 12.1 Å². The fourth-order valence-corrected chi connectivity index (χ4v) is 4.56. The Morgan fingerprint density at radius 1 is 1.03 bits per heavy atom. The van der Waals surface area contributed by atoms with Crippen molar-refractivity contribution >= 4 is 5.91 Å². The van der Waals surface area contributed by atoms with Gasteiger partial charge in [0.2, 0.25) is 0 Å². The summed E-state index contributed by atoms with van der Waals surface area (Å²) in [5.74, 6) is 1.40. The van der Waals surface area contributed by atoms with Crippen molar-refractivity contribution in [3.8, 4) is 11.5 Å². The van der Waals surface area contributed by atoms with Gasteiger partial charge < -0.3 is 24.6 Å². The normalized spacial score (nSPS) is 21.8. The van der Waals surface area contributed by atoms with Crippen LogP contribution in [0.1, 0.15) is 28.8 Å². The molecule has 2 aromatic carbocycles. The van der Waals surface area contributed by atoms with Gasteiger partial charge in [-0.05, 0) is 61.3 Å². The number of amides is 1. The monoisotopic (exact) mass is 483 g/mol. The molecule has 2 aliphatic heterocycles. The van der Waals surface area contributed by atoms with Gasteiger partial charge in [-0.3, -0.25) is 14.6 Å². The number of carbonyl (C=O) groups excluding carboxylic acids is 1. The average Bonchev–Trinajstić information content (AvgIpc) is 3.06. The van der Waals surface area contributed by atoms with E-state index in [1.807, 2.05) is 24.3 Å². The third-order valence-corrected chi connectivity index (χ3v) is 6.67. The second-order valence-electron chi connectivity index (χ2n) is 9.20. The van der Waals surface area contributed by atoms with Crippen LogP contribution in [0.5, 0.6) is 11.5 Å². The summed E-state index contributed by atoms with van der Waals surface area (Å²) in [6.45, 7) is 7.13. The lowest BCUT2D eigenvalue weighted by Crippen LogP contribution is -2.48. The van der Waals surface area contributed by atoms with Crippen LogP contribution in [0, 0.1) is 0 Å². The molecule has 0 aromatic heterocycles. The minimum atomic E-state index is -0.567. The van der Waals surface area contributed by atoms with Crippen LogP contribution >= 0.6 is 0 Å². The molecule has 0 spiro atoms. The van der Waals surface area contributed by atoms with E-state index in [-0.39, 0.29) is 11.9 Å². The zero-order valence-electron chi connectivity index (χ0n) is 20.5. The van der Waals surface area contributed by atoms with Crippen LogP contribution in [0.4, 0.5) is 0 Å². The molecule has 2 aliphatic rings. The molecule has 1 amide bonds. The number of nitrogens with one attached hydrogen (secondary N) is 1. The molecule has 2 fully saturated rings. The first-order valence-electron chi connectivity index (χ1n) is 12.5. The highest BCUT2D eigenvalue weighted by atomic mass is 16.5. The number of aliphatic hydroxyl groups is 1. The van der Waals surface area contributed by atoms with Crippen LogP contribution in [0.3, 0.4) is 0 Å². The fourth-order valence-electron chi connectivity index (χ4n) is 4.56. The van der Waals surface area contributed by atoms with E-state index in [2.05, 4.69) is 27.2 Å². The van der Waals surface area contributed by atoms with Crippen LogP contribution < -0.4 is 14.8 Å². The number of benzene rings is 2. The SMILES string of the molecule is COc1ccc(CN2CCC[C@@H](O)[C@H](NC(=O)c3ccc(OCCN4CCOCC4)cc3)C2)cc1. The number of likely N-dealkylation sites (tertiary alicyclic amines) is 1. The quantitative estimate of drug-likeness (QED) is 0.566. The van der Waals surface area contributed by atoms with Gasteiger partial charge in [0.05, 0.1) is 32.5 Å². The highest BCUT2D eigenvalue weighted by Crippen LogP contribution is 2.18. The Hall–Kier alpha value is -2.65. The first-order valence-corrected chi connectivity index (χ1v) is 12.5. The molecule has 0 saturated carbocycles. The Morgan fingerprint density at radius 3 is 2.46 bits per heavy atom. The summed E-state index contributed by atoms with van der Waals surface area (Å²) >= 11 is 0. The maximum Gasteiger partial charge on any atom is 0.251 e. The first kappa shape index (κ1) is 25.4. The number of rotatable bonds is 9. The van der Waals surface area contributed by atoms with Crippen molar-refractivity contribution < 1.29 is 24.1 Å². The van der Waals surface area contributed by atoms with Crippen molar-refractivity contribution in [1.29, 1.82) is 0 Å². The number of morpholine rings is 1. The molecule has 0 bridgehead atoms. The summed E-state index contributed by atoms with van der Waals surface area (Å²) in [5, 5.41) is 13.7. The summed E-state index contributed by atoms with van der Waals surface area (Å²) < 4.78 is 16.4. The second kappa shape index (κ2) is 12.9. The number of hydrogen-bond donors (Lipinski definition) is 2. The van der Waals surface area contributed by atoms with Crippen LogP contribution in [-0.4, -0.2) is 92.6 Å². The maximum absolute atomic E-state index is 12.9. The molecule has 0 radical (unpaired) electrons. The predicted octanol–water partition coefficient (Wildman–Crippen LogP) is 2.16. The van der Waals surface area contributed by atoms with E-state index in [0.717, 1.165) is 63.9 Å². The molecule has 8 nitrogen and oxygen atoms in total. The van der Waals surface area contributed by atoms with Crippen molar-refractivity contribution in [3.05, 3.63) is 59.7 Å². The van der Waals surface area contributed by atoms with E-state index in [1.165, 1.54) is 5.56 Å². The van der Waals surface area contributed by atoms with Crippen molar-refractivity contribution in [2.24, 2.45) is 0 Å². The fraction of sp³-hybridized carbons (Fsp3) is 0.519. The Bertz CT molecular complexity index is 915. The molecule has 0 aliphatic carbocycles. The van der Waals surface area contributed by atoms with Crippen molar-refractivity contribution in [2.45, 2.75) is 31.5 Å². The molecule has 4 rings (SSSR count). The highest BCUT2D eigenvalue weighted by Gasteiger charge is 2.27. The average molecular weight is 484 g/mol. The second-order valence-corrected chi connectivity index (χ2v) is 9.20. The molecule has 0 unspecified atom stereocenters. The van der Waals surface area contributed by atoms with Gasteiger partial charge in [-0.25, -0.2) is 0 Å². The molecule has 2 heterocycles. The number of carbonyl (C=O) groups is 1. The minimum Gasteiger partial charge on any atom is -0.497 e. The molecule has 8 heteroatoms. The lowest BCUT2D eigenvalue weighted by atomic mass is 10.1. The lowest BCUT2D eigenvalue weighted by molar-refractivity contribution is 0.0322. The topological polar surface area (TPSA) is 83.5 Å². The Kier molecular flexibility index (Phi) is 9.36. The maximum atomic E-state index is 12.9. The molecule has 2 N–H and O–H groups in total. The summed E-state index contributed by atoms with van der Waals surface area (Å²) in [6.07, 6.45) is 0.989. The number of aliphatic hydroxyl groups excluding tert-OH is 1. The van der Waals surface area contributed by atoms with E-state index in [4.69, 9.17) is 14.2 Å². The van der Waals surface area contributed by atoms with Crippen LogP contribution in [0.15, 0.2) is 48.5 Å². The summed E-state index contributed by atoms with van der Waals surface area (Å²) in [6, 6.07) is 14.9. The smallest absolute Gasteiger partial charge is 0.251 e. The molecule has 35 heavy (non-hydrogen) atoms. The molecule has 2 atom stereocenters. The van der Waals surface area contributed by atoms with Gasteiger partial charge in [0.15, 0.2) is 0 Å². The van der Waals surface area contributed by atoms with Gasteiger partial charge in [0.25, 0.3) is 5.91 Å². The number of ether oxygens (including phenoxy) is 3. The van der Waals surface area contributed by atoms with Gasteiger partial charge in [-0.2, -0.15) is 0 Å². The molecule has 2 aromatic rings. The molecule has 190 valence electrons. The number of nitrogens with zero attached hydrogens (tertiary/aromatic N) is 2. The van der Waals surface area contributed by atoms with Crippen LogP contribution in [0.2, 0.25) is 0 Å². The predicted molar refractivity (Wildman–Crippen MR) is 134 cm³/mol. The number of hydrogen-bond acceptors (Lipinski definition) is 7. The Labute approximate surface area is 207 Å². The third-order valence-electron chi connectivity index (χ3n) is 6.67. The molecule has 2 saturated heterocycles. The van der Waals surface area contributed by atoms with Crippen molar-refractivity contribution in [1.82, 2.24) is 15.1 Å². The largest absolute Gasteiger partial charge is 0.497 e. The summed E-state index contributed by atoms with van der Waals surface area (Å²) in [5.41, 5.74) is 1.74. The standard InChI is InChI=1S/C27H37N3O5/c1-33-23-8-4-21(5-9-23)19-30-12-2-3-26(31)25(20-30)28-27(32)22-6-10-24(11-7-22)35-18-15-29-13-16-34-17-14-29/h4-11,25-26,31H,2-3,12-20H2,1H3,(H,28,32)/t25-,26-/m1/s1. The van der Waals surface area contributed by atoms with E-state index < -0.39 is 6.10 Å². The third kappa shape index (κ3) is 7.67. The van der Waals surface area contributed by atoms with Crippen LogP contribution in [0.25, 0.3) is 0 Å². The summed E-state index contributed by atoms with van der Waals surface area (Å²) in [7, 11) is 1.66. The lowest BCUT2D eigenvalue weighted by Gasteiger charge is -2.27. The number of methoxy groups -OCH3 is 1. The van der Waals surface area contributed by atoms with Crippen molar-refractivity contribution in [3.63, 3.8) is 0 Å². The first-order chi connectivity index (χ1) is 17.1. The van der Waals surface area contributed by atoms with Gasteiger partial charge in [0.1, 0.15) is 18.1 Å². The zero-order valence-corrected chi connectivity index (χ0v) is 20.5. The van der Waals surface area contributed by atoms with E-state index in [0.29, 0.717) is 25.1 Å².